The summed E-state index contributed by atoms with van der Waals surface area (Å²) in [6, 6.07) is -0.441. The molecule has 0 heterocycles. The van der Waals surface area contributed by atoms with Crippen molar-refractivity contribution in [2.75, 3.05) is 6.61 Å². The first-order valence-electron chi connectivity index (χ1n) is 5.03. The molecule has 1 rings (SSSR count). The lowest BCUT2D eigenvalue weighted by molar-refractivity contribution is -0.174. The topological polar surface area (TPSA) is 38.3 Å². The molecule has 0 unspecified atom stereocenters. The SMILES string of the molecule is C=CCO[C@@H]1CC[C@H](NC(=O)C(F)(F)F)C1. The van der Waals surface area contributed by atoms with Crippen LogP contribution in [0.5, 0.6) is 0 Å². The van der Waals surface area contributed by atoms with E-state index in [1.165, 1.54) is 0 Å². The van der Waals surface area contributed by atoms with E-state index in [-0.39, 0.29) is 6.10 Å². The van der Waals surface area contributed by atoms with Gasteiger partial charge >= 0.3 is 12.1 Å². The Kier molecular flexibility index (Phi) is 4.35. The summed E-state index contributed by atoms with van der Waals surface area (Å²) in [5.41, 5.74) is 0. The Labute approximate surface area is 91.6 Å². The van der Waals surface area contributed by atoms with E-state index in [0.717, 1.165) is 0 Å². The molecular formula is C10H14F3NO2. The summed E-state index contributed by atoms with van der Waals surface area (Å²) in [7, 11) is 0. The Morgan fingerprint density at radius 2 is 2.19 bits per heavy atom. The van der Waals surface area contributed by atoms with Crippen molar-refractivity contribution in [1.29, 1.82) is 0 Å². The van der Waals surface area contributed by atoms with Gasteiger partial charge in [-0.05, 0) is 19.3 Å². The Balaban J connectivity index is 2.31. The van der Waals surface area contributed by atoms with E-state index in [4.69, 9.17) is 4.74 Å². The quantitative estimate of drug-likeness (QED) is 0.757. The molecule has 1 aliphatic carbocycles. The first-order valence-corrected chi connectivity index (χ1v) is 5.03. The average Bonchev–Trinajstić information content (AvgIpc) is 2.61. The van der Waals surface area contributed by atoms with Crippen LogP contribution >= 0.6 is 0 Å². The van der Waals surface area contributed by atoms with E-state index in [9.17, 15) is 18.0 Å². The molecule has 0 aromatic rings. The monoisotopic (exact) mass is 237 g/mol. The van der Waals surface area contributed by atoms with Crippen LogP contribution in [0.2, 0.25) is 0 Å². The third-order valence-electron chi connectivity index (χ3n) is 2.43. The highest BCUT2D eigenvalue weighted by atomic mass is 19.4. The van der Waals surface area contributed by atoms with Crippen molar-refractivity contribution >= 4 is 5.91 Å². The predicted octanol–water partition coefficient (Wildman–Crippen LogP) is 1.79. The Bertz CT molecular complexity index is 265. The minimum Gasteiger partial charge on any atom is -0.374 e. The third kappa shape index (κ3) is 3.84. The molecule has 1 fully saturated rings. The van der Waals surface area contributed by atoms with Crippen LogP contribution in [0.1, 0.15) is 19.3 Å². The molecule has 16 heavy (non-hydrogen) atoms. The Morgan fingerprint density at radius 1 is 1.50 bits per heavy atom. The fraction of sp³-hybridized carbons (Fsp3) is 0.700. The molecule has 0 spiro atoms. The summed E-state index contributed by atoms with van der Waals surface area (Å²) < 4.78 is 41.1. The minimum absolute atomic E-state index is 0.0865. The molecule has 0 aliphatic heterocycles. The van der Waals surface area contributed by atoms with Gasteiger partial charge in [-0.1, -0.05) is 6.08 Å². The Morgan fingerprint density at radius 3 is 2.75 bits per heavy atom. The van der Waals surface area contributed by atoms with Crippen molar-refractivity contribution in [3.63, 3.8) is 0 Å². The van der Waals surface area contributed by atoms with Gasteiger partial charge in [0.15, 0.2) is 0 Å². The molecule has 1 amide bonds. The summed E-state index contributed by atoms with van der Waals surface area (Å²) in [4.78, 5) is 10.6. The van der Waals surface area contributed by atoms with E-state index in [1.807, 2.05) is 5.32 Å². The molecule has 1 saturated carbocycles. The summed E-state index contributed by atoms with van der Waals surface area (Å²) in [5.74, 6) is -1.87. The van der Waals surface area contributed by atoms with E-state index >= 15 is 0 Å². The van der Waals surface area contributed by atoms with Crippen molar-refractivity contribution in [2.45, 2.75) is 37.6 Å². The van der Waals surface area contributed by atoms with Crippen LogP contribution in [-0.4, -0.2) is 30.8 Å². The summed E-state index contributed by atoms with van der Waals surface area (Å²) in [6.45, 7) is 3.86. The zero-order valence-electron chi connectivity index (χ0n) is 8.72. The number of carbonyl (C=O) groups excluding carboxylic acids is 1. The number of halogens is 3. The van der Waals surface area contributed by atoms with Gasteiger partial charge in [-0.3, -0.25) is 4.79 Å². The van der Waals surface area contributed by atoms with Crippen LogP contribution in [0.15, 0.2) is 12.7 Å². The van der Waals surface area contributed by atoms with Gasteiger partial charge < -0.3 is 10.1 Å². The van der Waals surface area contributed by atoms with Gasteiger partial charge in [0.25, 0.3) is 0 Å². The molecular weight excluding hydrogens is 223 g/mol. The predicted molar refractivity (Wildman–Crippen MR) is 51.8 cm³/mol. The summed E-state index contributed by atoms with van der Waals surface area (Å²) in [5, 5.41) is 1.96. The smallest absolute Gasteiger partial charge is 0.374 e. The van der Waals surface area contributed by atoms with Gasteiger partial charge in [-0.15, -0.1) is 6.58 Å². The minimum atomic E-state index is -4.81. The zero-order valence-corrected chi connectivity index (χ0v) is 8.72. The van der Waals surface area contributed by atoms with Crippen LogP contribution in [0, 0.1) is 0 Å². The van der Waals surface area contributed by atoms with E-state index in [0.29, 0.717) is 25.9 Å². The molecule has 0 radical (unpaired) electrons. The van der Waals surface area contributed by atoms with Crippen LogP contribution < -0.4 is 5.32 Å². The van der Waals surface area contributed by atoms with Gasteiger partial charge in [-0.2, -0.15) is 13.2 Å². The number of nitrogens with one attached hydrogen (secondary N) is 1. The molecule has 6 heteroatoms. The number of rotatable bonds is 4. The van der Waals surface area contributed by atoms with Gasteiger partial charge in [0.1, 0.15) is 0 Å². The average molecular weight is 237 g/mol. The van der Waals surface area contributed by atoms with Crippen molar-refractivity contribution in [1.82, 2.24) is 5.32 Å². The van der Waals surface area contributed by atoms with Crippen molar-refractivity contribution < 1.29 is 22.7 Å². The lowest BCUT2D eigenvalue weighted by Crippen LogP contribution is -2.42. The normalized spacial score (nSPS) is 25.4. The fourth-order valence-corrected chi connectivity index (χ4v) is 1.69. The standard InChI is InChI=1S/C10H14F3NO2/c1-2-5-16-8-4-3-7(6-8)14-9(15)10(11,12)13/h2,7-8H,1,3-6H2,(H,14,15)/t7-,8+/m0/s1. The van der Waals surface area contributed by atoms with Crippen molar-refractivity contribution in [2.24, 2.45) is 0 Å². The first kappa shape index (κ1) is 13.0. The molecule has 0 aromatic carbocycles. The molecule has 0 bridgehead atoms. The first-order chi connectivity index (χ1) is 7.43. The van der Waals surface area contributed by atoms with Gasteiger partial charge in [0.05, 0.1) is 12.7 Å². The third-order valence-corrected chi connectivity index (χ3v) is 2.43. The zero-order chi connectivity index (χ0) is 12.2. The number of hydrogen-bond donors (Lipinski definition) is 1. The molecule has 3 nitrogen and oxygen atoms in total. The molecule has 1 N–H and O–H groups in total. The lowest BCUT2D eigenvalue weighted by atomic mass is 10.2. The largest absolute Gasteiger partial charge is 0.471 e. The second kappa shape index (κ2) is 5.34. The second-order valence-electron chi connectivity index (χ2n) is 3.73. The number of ether oxygens (including phenoxy) is 1. The number of carbonyl (C=O) groups is 1. The maximum absolute atomic E-state index is 11.9. The maximum atomic E-state index is 11.9. The van der Waals surface area contributed by atoms with Crippen molar-refractivity contribution in [3.05, 3.63) is 12.7 Å². The number of alkyl halides is 3. The molecule has 0 saturated heterocycles. The van der Waals surface area contributed by atoms with Gasteiger partial charge in [0, 0.05) is 6.04 Å². The van der Waals surface area contributed by atoms with E-state index < -0.39 is 18.1 Å². The number of hydrogen-bond acceptors (Lipinski definition) is 2. The fourth-order valence-electron chi connectivity index (χ4n) is 1.69. The van der Waals surface area contributed by atoms with Crippen LogP contribution in [0.25, 0.3) is 0 Å². The highest BCUT2D eigenvalue weighted by Gasteiger charge is 2.40. The molecule has 1 aliphatic rings. The highest BCUT2D eigenvalue weighted by molar-refractivity contribution is 5.81. The van der Waals surface area contributed by atoms with Crippen LogP contribution in [0.3, 0.4) is 0 Å². The van der Waals surface area contributed by atoms with Crippen LogP contribution in [0.4, 0.5) is 13.2 Å². The highest BCUT2D eigenvalue weighted by Crippen LogP contribution is 2.23. The van der Waals surface area contributed by atoms with E-state index in [1.54, 1.807) is 6.08 Å². The summed E-state index contributed by atoms with van der Waals surface area (Å²) >= 11 is 0. The number of amides is 1. The van der Waals surface area contributed by atoms with Gasteiger partial charge in [-0.25, -0.2) is 0 Å². The van der Waals surface area contributed by atoms with Crippen molar-refractivity contribution in [3.8, 4) is 0 Å². The van der Waals surface area contributed by atoms with E-state index in [2.05, 4.69) is 6.58 Å². The Hall–Kier alpha value is -1.04. The maximum Gasteiger partial charge on any atom is 0.471 e. The molecule has 92 valence electrons. The molecule has 2 atom stereocenters. The second-order valence-corrected chi connectivity index (χ2v) is 3.73. The van der Waals surface area contributed by atoms with Gasteiger partial charge in [0.2, 0.25) is 0 Å². The van der Waals surface area contributed by atoms with Crippen LogP contribution in [-0.2, 0) is 9.53 Å². The lowest BCUT2D eigenvalue weighted by Gasteiger charge is -2.14. The molecule has 0 aromatic heterocycles. The summed E-state index contributed by atoms with van der Waals surface area (Å²) in [6.07, 6.45) is -1.70.